The Morgan fingerprint density at radius 2 is 2.13 bits per heavy atom. The Morgan fingerprint density at radius 3 is 2.67 bits per heavy atom. The predicted octanol–water partition coefficient (Wildman–Crippen LogP) is 0.0720. The van der Waals surface area contributed by atoms with E-state index in [1.54, 1.807) is 0 Å². The summed E-state index contributed by atoms with van der Waals surface area (Å²) < 4.78 is 1.91. The Labute approximate surface area is 107 Å². The maximum absolute atomic E-state index is 11.1. The van der Waals surface area contributed by atoms with Gasteiger partial charge in [-0.3, -0.25) is 0 Å². The van der Waals surface area contributed by atoms with E-state index in [0.717, 1.165) is 17.2 Å². The zero-order valence-corrected chi connectivity index (χ0v) is 11.8. The monoisotopic (exact) mass is 321 g/mol. The van der Waals surface area contributed by atoms with Crippen molar-refractivity contribution < 1.29 is 9.67 Å². The van der Waals surface area contributed by atoms with Gasteiger partial charge in [0.2, 0.25) is 0 Å². The second-order valence-electron chi connectivity index (χ2n) is 3.31. The summed E-state index contributed by atoms with van der Waals surface area (Å²) in [6.45, 7) is 3.91. The van der Waals surface area contributed by atoms with Crippen molar-refractivity contribution in [2.24, 2.45) is 12.0 Å². The molecule has 1 heterocycles. The molecule has 1 rings (SSSR count). The largest absolute Gasteiger partial charge is 0.862 e. The highest BCUT2D eigenvalue weighted by atomic mass is 127. The highest BCUT2D eigenvalue weighted by molar-refractivity contribution is 14.0. The first-order valence-electron chi connectivity index (χ1n) is 4.50. The van der Waals surface area contributed by atoms with Crippen LogP contribution in [0.3, 0.4) is 0 Å². The minimum absolute atomic E-state index is 0. The minimum atomic E-state index is -0.141. The summed E-state index contributed by atoms with van der Waals surface area (Å²) in [4.78, 5) is 7.90. The molecule has 0 aliphatic carbocycles. The van der Waals surface area contributed by atoms with E-state index >= 15 is 0 Å². The Bertz CT molecular complexity index is 377. The van der Waals surface area contributed by atoms with Crippen LogP contribution in [0.2, 0.25) is 0 Å². The molecule has 15 heavy (non-hydrogen) atoms. The van der Waals surface area contributed by atoms with Gasteiger partial charge in [0.05, 0.1) is 13.5 Å². The van der Waals surface area contributed by atoms with E-state index in [9.17, 15) is 5.11 Å². The Balaban J connectivity index is 0.00000196. The van der Waals surface area contributed by atoms with E-state index in [0.29, 0.717) is 0 Å². The molecule has 84 valence electrons. The summed E-state index contributed by atoms with van der Waals surface area (Å²) in [5.41, 5.74) is 2.02. The minimum Gasteiger partial charge on any atom is -0.862 e. The molecule has 0 saturated heterocycles. The average Bonchev–Trinajstić information content (AvgIpc) is 2.13. The molecule has 0 aliphatic heterocycles. The van der Waals surface area contributed by atoms with Crippen LogP contribution in [0.4, 0.5) is 0 Å². The lowest BCUT2D eigenvalue weighted by Crippen LogP contribution is -2.41. The third-order valence-corrected chi connectivity index (χ3v) is 2.20. The van der Waals surface area contributed by atoms with Crippen LogP contribution in [0, 0.1) is 13.8 Å². The molecule has 0 aliphatic rings. The van der Waals surface area contributed by atoms with Gasteiger partial charge in [0.25, 0.3) is 0 Å². The van der Waals surface area contributed by atoms with Crippen molar-refractivity contribution >= 4 is 29.9 Å². The Hall–Kier alpha value is -0.720. The standard InChI is InChI=1S/C10H15N3O.HI/c1-7-5-8(2)13(4)9(12-7)6-10(14)11-3;/h5H,6H2,1-4H3;1H. The van der Waals surface area contributed by atoms with Crippen LogP contribution in [-0.4, -0.2) is 17.9 Å². The molecule has 0 fully saturated rings. The second kappa shape index (κ2) is 5.99. The quantitative estimate of drug-likeness (QED) is 0.335. The molecule has 0 saturated carbocycles. The van der Waals surface area contributed by atoms with Gasteiger partial charge in [-0.2, -0.15) is 0 Å². The SMILES string of the molecule is CN=C([O-])Cc1nc(C)cc(C)[n+]1C.I. The third kappa shape index (κ3) is 3.73. The van der Waals surface area contributed by atoms with Crippen molar-refractivity contribution in [1.82, 2.24) is 4.98 Å². The van der Waals surface area contributed by atoms with Gasteiger partial charge in [0.1, 0.15) is 5.69 Å². The molecule has 4 nitrogen and oxygen atoms in total. The van der Waals surface area contributed by atoms with Crippen molar-refractivity contribution in [1.29, 1.82) is 0 Å². The molecule has 1 aromatic heterocycles. The number of hydrogen-bond acceptors (Lipinski definition) is 3. The zero-order chi connectivity index (χ0) is 10.7. The lowest BCUT2D eigenvalue weighted by Gasteiger charge is -2.07. The third-order valence-electron chi connectivity index (χ3n) is 2.20. The molecule has 1 aromatic rings. The zero-order valence-electron chi connectivity index (χ0n) is 9.44. The van der Waals surface area contributed by atoms with Crippen LogP contribution < -0.4 is 9.67 Å². The number of rotatable bonds is 2. The molecular formula is C10H16IN3O. The molecule has 0 aromatic carbocycles. The molecule has 0 radical (unpaired) electrons. The molecule has 0 unspecified atom stereocenters. The fourth-order valence-corrected chi connectivity index (χ4v) is 1.29. The fourth-order valence-electron chi connectivity index (χ4n) is 1.29. The van der Waals surface area contributed by atoms with Gasteiger partial charge in [-0.05, 0) is 12.8 Å². The summed E-state index contributed by atoms with van der Waals surface area (Å²) >= 11 is 0. The fraction of sp³-hybridized carbons (Fsp3) is 0.500. The molecule has 0 amide bonds. The number of aromatic nitrogens is 2. The summed E-state index contributed by atoms with van der Waals surface area (Å²) in [7, 11) is 3.41. The smallest absolute Gasteiger partial charge is 0.303 e. The van der Waals surface area contributed by atoms with E-state index < -0.39 is 0 Å². The molecule has 0 spiro atoms. The van der Waals surface area contributed by atoms with Crippen LogP contribution in [0.5, 0.6) is 0 Å². The lowest BCUT2D eigenvalue weighted by molar-refractivity contribution is -0.688. The summed E-state index contributed by atoms with van der Waals surface area (Å²) in [6.07, 6.45) is 0.273. The van der Waals surface area contributed by atoms with E-state index in [1.165, 1.54) is 7.05 Å². The van der Waals surface area contributed by atoms with Crippen LogP contribution in [-0.2, 0) is 13.5 Å². The van der Waals surface area contributed by atoms with Crippen LogP contribution >= 0.6 is 24.0 Å². The second-order valence-corrected chi connectivity index (χ2v) is 3.31. The molecule has 0 N–H and O–H groups in total. The Kier molecular flexibility index (Phi) is 5.71. The van der Waals surface area contributed by atoms with Gasteiger partial charge in [-0.15, -0.1) is 24.0 Å². The summed E-state index contributed by atoms with van der Waals surface area (Å²) in [6, 6.07) is 1.98. The van der Waals surface area contributed by atoms with E-state index in [1.807, 2.05) is 31.5 Å². The van der Waals surface area contributed by atoms with Crippen LogP contribution in [0.15, 0.2) is 11.1 Å². The van der Waals surface area contributed by atoms with Crippen molar-refractivity contribution in [3.05, 3.63) is 23.3 Å². The maximum atomic E-state index is 11.1. The average molecular weight is 321 g/mol. The molecule has 0 bridgehead atoms. The van der Waals surface area contributed by atoms with Crippen molar-refractivity contribution in [2.45, 2.75) is 20.3 Å². The normalized spacial score (nSPS) is 11.1. The van der Waals surface area contributed by atoms with Gasteiger partial charge >= 0.3 is 5.82 Å². The number of aryl methyl sites for hydroxylation is 2. The number of hydrogen-bond donors (Lipinski definition) is 0. The van der Waals surface area contributed by atoms with Gasteiger partial charge < -0.3 is 10.1 Å². The maximum Gasteiger partial charge on any atom is 0.303 e. The topological polar surface area (TPSA) is 52.2 Å². The lowest BCUT2D eigenvalue weighted by atomic mass is 10.3. The first-order chi connectivity index (χ1) is 6.54. The van der Waals surface area contributed by atoms with E-state index in [-0.39, 0.29) is 36.3 Å². The van der Waals surface area contributed by atoms with Gasteiger partial charge in [-0.1, -0.05) is 4.98 Å². The first kappa shape index (κ1) is 14.3. The van der Waals surface area contributed by atoms with Crippen molar-refractivity contribution in [3.63, 3.8) is 0 Å². The number of nitrogens with zero attached hydrogens (tertiary/aromatic N) is 3. The molecule has 5 heteroatoms. The highest BCUT2D eigenvalue weighted by Gasteiger charge is 2.12. The van der Waals surface area contributed by atoms with Crippen LogP contribution in [0.1, 0.15) is 17.2 Å². The van der Waals surface area contributed by atoms with Crippen molar-refractivity contribution in [3.8, 4) is 0 Å². The highest BCUT2D eigenvalue weighted by Crippen LogP contribution is 1.97. The summed E-state index contributed by atoms with van der Waals surface area (Å²) in [5, 5.41) is 11.1. The van der Waals surface area contributed by atoms with E-state index in [4.69, 9.17) is 0 Å². The van der Waals surface area contributed by atoms with Gasteiger partial charge in [0.15, 0.2) is 5.69 Å². The predicted molar refractivity (Wildman–Crippen MR) is 67.4 cm³/mol. The number of halogens is 1. The number of aliphatic imine (C=N–C) groups is 1. The van der Waals surface area contributed by atoms with Gasteiger partial charge in [-0.25, -0.2) is 4.57 Å². The van der Waals surface area contributed by atoms with E-state index in [2.05, 4.69) is 9.98 Å². The van der Waals surface area contributed by atoms with Crippen molar-refractivity contribution in [2.75, 3.05) is 7.05 Å². The van der Waals surface area contributed by atoms with Gasteiger partial charge in [0, 0.05) is 20.0 Å². The summed E-state index contributed by atoms with van der Waals surface area (Å²) in [5.74, 6) is 0.621. The Morgan fingerprint density at radius 1 is 1.53 bits per heavy atom. The molecule has 0 atom stereocenters. The first-order valence-corrected chi connectivity index (χ1v) is 4.50. The molecular weight excluding hydrogens is 305 g/mol. The van der Waals surface area contributed by atoms with Crippen LogP contribution in [0.25, 0.3) is 0 Å².